The van der Waals surface area contributed by atoms with Crippen molar-refractivity contribution >= 4 is 11.5 Å². The highest BCUT2D eigenvalue weighted by atomic mass is 19.1. The third kappa shape index (κ3) is 2.05. The zero-order valence-corrected chi connectivity index (χ0v) is 9.55. The van der Waals surface area contributed by atoms with E-state index in [1.54, 1.807) is 10.6 Å². The summed E-state index contributed by atoms with van der Waals surface area (Å²) in [5.41, 5.74) is 5.96. The van der Waals surface area contributed by atoms with Gasteiger partial charge >= 0.3 is 0 Å². The molecule has 3 aromatic rings. The first kappa shape index (κ1) is 11.4. The molecule has 5 nitrogen and oxygen atoms in total. The summed E-state index contributed by atoms with van der Waals surface area (Å²) in [6, 6.07) is 2.90. The standard InChI is InChI=1S/C12H8F2N4O/c13-7-1-2-8(14)9(5-7)19-12-11-16-3-4-18(11)6-10(15)17-12/h1-6H,15H2. The van der Waals surface area contributed by atoms with E-state index in [0.29, 0.717) is 5.65 Å². The molecule has 3 rings (SSSR count). The first-order valence-electron chi connectivity index (χ1n) is 5.35. The van der Waals surface area contributed by atoms with E-state index in [9.17, 15) is 8.78 Å². The third-order valence-electron chi connectivity index (χ3n) is 2.46. The highest BCUT2D eigenvalue weighted by molar-refractivity contribution is 5.54. The van der Waals surface area contributed by atoms with Gasteiger partial charge in [-0.3, -0.25) is 4.40 Å². The van der Waals surface area contributed by atoms with Gasteiger partial charge in [0, 0.05) is 18.5 Å². The fourth-order valence-electron chi connectivity index (χ4n) is 1.65. The molecule has 0 radical (unpaired) electrons. The molecular weight excluding hydrogens is 254 g/mol. The molecule has 0 unspecified atom stereocenters. The van der Waals surface area contributed by atoms with Crippen molar-refractivity contribution in [3.63, 3.8) is 0 Å². The Kier molecular flexibility index (Phi) is 2.52. The fourth-order valence-corrected chi connectivity index (χ4v) is 1.65. The van der Waals surface area contributed by atoms with Crippen LogP contribution in [-0.4, -0.2) is 14.4 Å². The molecule has 0 aliphatic heterocycles. The van der Waals surface area contributed by atoms with Crippen LogP contribution in [0.5, 0.6) is 11.6 Å². The average Bonchev–Trinajstić information content (AvgIpc) is 2.82. The Labute approximate surface area is 106 Å². The molecule has 0 aliphatic carbocycles. The predicted octanol–water partition coefficient (Wildman–Crippen LogP) is 2.38. The topological polar surface area (TPSA) is 65.4 Å². The number of nitrogen functional groups attached to an aromatic ring is 1. The summed E-state index contributed by atoms with van der Waals surface area (Å²) in [6.45, 7) is 0. The highest BCUT2D eigenvalue weighted by Crippen LogP contribution is 2.27. The van der Waals surface area contributed by atoms with Crippen LogP contribution in [0.1, 0.15) is 0 Å². The molecule has 0 fully saturated rings. The molecule has 0 amide bonds. The van der Waals surface area contributed by atoms with Crippen molar-refractivity contribution < 1.29 is 13.5 Å². The van der Waals surface area contributed by atoms with Crippen LogP contribution in [0.2, 0.25) is 0 Å². The molecule has 2 N–H and O–H groups in total. The number of nitrogens with zero attached hydrogens (tertiary/aromatic N) is 3. The van der Waals surface area contributed by atoms with Gasteiger partial charge in [0.2, 0.25) is 5.65 Å². The molecule has 19 heavy (non-hydrogen) atoms. The van der Waals surface area contributed by atoms with Gasteiger partial charge in [0.15, 0.2) is 11.6 Å². The summed E-state index contributed by atoms with van der Waals surface area (Å²) >= 11 is 0. The lowest BCUT2D eigenvalue weighted by Crippen LogP contribution is -2.00. The monoisotopic (exact) mass is 262 g/mol. The third-order valence-corrected chi connectivity index (χ3v) is 2.46. The number of hydrogen-bond acceptors (Lipinski definition) is 4. The first-order chi connectivity index (χ1) is 9.13. The molecule has 96 valence electrons. The molecule has 2 heterocycles. The normalized spacial score (nSPS) is 10.8. The van der Waals surface area contributed by atoms with Crippen LogP contribution in [0.3, 0.4) is 0 Å². The molecule has 0 spiro atoms. The molecule has 0 saturated heterocycles. The zero-order valence-electron chi connectivity index (χ0n) is 9.55. The van der Waals surface area contributed by atoms with E-state index in [1.807, 2.05) is 0 Å². The molecular formula is C12H8F2N4O. The Balaban J connectivity index is 2.10. The summed E-state index contributed by atoms with van der Waals surface area (Å²) in [5, 5.41) is 0. The van der Waals surface area contributed by atoms with Gasteiger partial charge in [0.25, 0.3) is 5.88 Å². The van der Waals surface area contributed by atoms with Gasteiger partial charge in [0.1, 0.15) is 11.6 Å². The first-order valence-corrected chi connectivity index (χ1v) is 5.35. The van der Waals surface area contributed by atoms with Gasteiger partial charge < -0.3 is 10.5 Å². The van der Waals surface area contributed by atoms with Crippen LogP contribution in [0, 0.1) is 11.6 Å². The van der Waals surface area contributed by atoms with Crippen molar-refractivity contribution in [3.8, 4) is 11.6 Å². The van der Waals surface area contributed by atoms with Gasteiger partial charge in [-0.05, 0) is 12.1 Å². The van der Waals surface area contributed by atoms with Gasteiger partial charge in [-0.15, -0.1) is 0 Å². The average molecular weight is 262 g/mol. The maximum atomic E-state index is 13.5. The van der Waals surface area contributed by atoms with Gasteiger partial charge in [-0.1, -0.05) is 0 Å². The lowest BCUT2D eigenvalue weighted by molar-refractivity contribution is 0.425. The summed E-state index contributed by atoms with van der Waals surface area (Å²) in [4.78, 5) is 7.93. The fraction of sp³-hybridized carbons (Fsp3) is 0. The zero-order chi connectivity index (χ0) is 13.4. The Bertz CT molecular complexity index is 757. The number of ether oxygens (including phenoxy) is 1. The summed E-state index contributed by atoms with van der Waals surface area (Å²) in [7, 11) is 0. The number of halogens is 2. The number of rotatable bonds is 2. The minimum Gasteiger partial charge on any atom is -0.433 e. The smallest absolute Gasteiger partial charge is 0.265 e. The molecule has 0 bridgehead atoms. The van der Waals surface area contributed by atoms with Crippen LogP contribution in [0.25, 0.3) is 5.65 Å². The number of aromatic nitrogens is 3. The second-order valence-corrected chi connectivity index (χ2v) is 3.81. The molecule has 0 aliphatic rings. The van der Waals surface area contributed by atoms with E-state index in [0.717, 1.165) is 18.2 Å². The van der Waals surface area contributed by atoms with Crippen LogP contribution in [0.4, 0.5) is 14.6 Å². The second-order valence-electron chi connectivity index (χ2n) is 3.81. The van der Waals surface area contributed by atoms with Crippen LogP contribution in [-0.2, 0) is 0 Å². The molecule has 7 heteroatoms. The lowest BCUT2D eigenvalue weighted by Gasteiger charge is -2.07. The number of imidazole rings is 1. The van der Waals surface area contributed by atoms with E-state index >= 15 is 0 Å². The number of hydrogen-bond donors (Lipinski definition) is 1. The van der Waals surface area contributed by atoms with Crippen molar-refractivity contribution in [1.82, 2.24) is 14.4 Å². The van der Waals surface area contributed by atoms with Crippen LogP contribution >= 0.6 is 0 Å². The van der Waals surface area contributed by atoms with Crippen molar-refractivity contribution in [2.75, 3.05) is 5.73 Å². The number of anilines is 1. The minimum atomic E-state index is -0.699. The Morgan fingerprint density at radius 2 is 2.11 bits per heavy atom. The van der Waals surface area contributed by atoms with Crippen LogP contribution in [0.15, 0.2) is 36.8 Å². The molecule has 0 atom stereocenters. The SMILES string of the molecule is Nc1cn2ccnc2c(Oc2cc(F)ccc2F)n1. The Morgan fingerprint density at radius 3 is 2.95 bits per heavy atom. The summed E-state index contributed by atoms with van der Waals surface area (Å²) in [6.07, 6.45) is 4.70. The van der Waals surface area contributed by atoms with E-state index in [4.69, 9.17) is 10.5 Å². The highest BCUT2D eigenvalue weighted by Gasteiger charge is 2.12. The van der Waals surface area contributed by atoms with Gasteiger partial charge in [-0.2, -0.15) is 4.98 Å². The van der Waals surface area contributed by atoms with Crippen molar-refractivity contribution in [2.24, 2.45) is 0 Å². The largest absolute Gasteiger partial charge is 0.433 e. The lowest BCUT2D eigenvalue weighted by atomic mass is 10.3. The predicted molar refractivity (Wildman–Crippen MR) is 63.8 cm³/mol. The van der Waals surface area contributed by atoms with Gasteiger partial charge in [-0.25, -0.2) is 13.8 Å². The second kappa shape index (κ2) is 4.20. The number of benzene rings is 1. The van der Waals surface area contributed by atoms with Crippen molar-refractivity contribution in [1.29, 1.82) is 0 Å². The Morgan fingerprint density at radius 1 is 1.26 bits per heavy atom. The van der Waals surface area contributed by atoms with Crippen molar-refractivity contribution in [2.45, 2.75) is 0 Å². The van der Waals surface area contributed by atoms with E-state index in [2.05, 4.69) is 9.97 Å². The minimum absolute atomic E-state index is 0.00880. The number of nitrogens with two attached hydrogens (primary N) is 1. The maximum Gasteiger partial charge on any atom is 0.265 e. The van der Waals surface area contributed by atoms with Crippen molar-refractivity contribution in [3.05, 3.63) is 48.4 Å². The van der Waals surface area contributed by atoms with E-state index in [-0.39, 0.29) is 17.4 Å². The quantitative estimate of drug-likeness (QED) is 0.770. The number of fused-ring (bicyclic) bond motifs is 1. The molecule has 2 aromatic heterocycles. The Hall–Kier alpha value is -2.70. The molecule has 1 aromatic carbocycles. The summed E-state index contributed by atoms with van der Waals surface area (Å²) < 4.78 is 33.4. The van der Waals surface area contributed by atoms with Gasteiger partial charge in [0.05, 0.1) is 6.20 Å². The van der Waals surface area contributed by atoms with Crippen LogP contribution < -0.4 is 10.5 Å². The summed E-state index contributed by atoms with van der Waals surface area (Å²) in [5.74, 6) is -1.40. The van der Waals surface area contributed by atoms with E-state index in [1.165, 1.54) is 12.4 Å². The van der Waals surface area contributed by atoms with E-state index < -0.39 is 11.6 Å². The maximum absolute atomic E-state index is 13.5. The molecule has 0 saturated carbocycles.